The second-order valence-corrected chi connectivity index (χ2v) is 5.31. The van der Waals surface area contributed by atoms with Crippen molar-refractivity contribution in [3.05, 3.63) is 51.0 Å². The zero-order valence-electron chi connectivity index (χ0n) is 9.93. The molecule has 2 aromatic rings. The maximum Gasteiger partial charge on any atom is 0.268 e. The van der Waals surface area contributed by atoms with E-state index in [9.17, 15) is 4.79 Å². The molecular formula is C13H7Cl2N3OS. The number of carbonyl (C=O) groups is 1. The first-order valence-electron chi connectivity index (χ1n) is 5.38. The van der Waals surface area contributed by atoms with Crippen LogP contribution in [0.2, 0.25) is 10.0 Å². The number of benzene rings is 1. The van der Waals surface area contributed by atoms with Gasteiger partial charge in [-0.05, 0) is 18.2 Å². The summed E-state index contributed by atoms with van der Waals surface area (Å²) in [5.74, 6) is -0.557. The average molecular weight is 324 g/mol. The zero-order chi connectivity index (χ0) is 14.5. The molecule has 20 heavy (non-hydrogen) atoms. The molecule has 0 atom stereocenters. The first-order valence-corrected chi connectivity index (χ1v) is 7.02. The van der Waals surface area contributed by atoms with Gasteiger partial charge < -0.3 is 0 Å². The van der Waals surface area contributed by atoms with Gasteiger partial charge in [-0.3, -0.25) is 10.1 Å². The Labute approximate surface area is 129 Å². The number of hydrogen-bond acceptors (Lipinski definition) is 4. The number of rotatable bonds is 3. The van der Waals surface area contributed by atoms with Crippen LogP contribution in [0.15, 0.2) is 35.3 Å². The van der Waals surface area contributed by atoms with E-state index in [2.05, 4.69) is 10.3 Å². The van der Waals surface area contributed by atoms with Gasteiger partial charge >= 0.3 is 0 Å². The third-order valence-electron chi connectivity index (χ3n) is 2.31. The van der Waals surface area contributed by atoms with Gasteiger partial charge in [-0.1, -0.05) is 29.3 Å². The van der Waals surface area contributed by atoms with Gasteiger partial charge in [0.15, 0.2) is 5.13 Å². The zero-order valence-corrected chi connectivity index (χ0v) is 12.3. The summed E-state index contributed by atoms with van der Waals surface area (Å²) in [6, 6.07) is 6.77. The predicted molar refractivity (Wildman–Crippen MR) is 80.8 cm³/mol. The van der Waals surface area contributed by atoms with Crippen LogP contribution in [0.1, 0.15) is 5.56 Å². The van der Waals surface area contributed by atoms with Crippen molar-refractivity contribution in [3.63, 3.8) is 0 Å². The molecule has 1 amide bonds. The maximum atomic E-state index is 11.9. The summed E-state index contributed by atoms with van der Waals surface area (Å²) in [5, 5.41) is 14.5. The van der Waals surface area contributed by atoms with Crippen LogP contribution >= 0.6 is 34.5 Å². The van der Waals surface area contributed by atoms with Gasteiger partial charge in [0, 0.05) is 27.2 Å². The number of aromatic nitrogens is 1. The molecule has 0 radical (unpaired) electrons. The highest BCUT2D eigenvalue weighted by Gasteiger charge is 2.12. The quantitative estimate of drug-likeness (QED) is 0.685. The molecule has 0 unspecified atom stereocenters. The Hall–Kier alpha value is -1.87. The molecule has 2 rings (SSSR count). The van der Waals surface area contributed by atoms with E-state index in [0.717, 1.165) is 0 Å². The Morgan fingerprint density at radius 1 is 1.40 bits per heavy atom. The molecule has 4 nitrogen and oxygen atoms in total. The SMILES string of the molecule is N#C/C(=C/c1c(Cl)cccc1Cl)C(=O)Nc1nccs1. The maximum absolute atomic E-state index is 11.9. The fraction of sp³-hybridized carbons (Fsp3) is 0. The molecule has 7 heteroatoms. The average Bonchev–Trinajstić information content (AvgIpc) is 2.91. The number of nitriles is 1. The number of carbonyl (C=O) groups excluding carboxylic acids is 1. The van der Waals surface area contributed by atoms with E-state index in [1.54, 1.807) is 29.8 Å². The number of nitrogens with zero attached hydrogens (tertiary/aromatic N) is 2. The topological polar surface area (TPSA) is 65.8 Å². The lowest BCUT2D eigenvalue weighted by atomic mass is 10.1. The lowest BCUT2D eigenvalue weighted by Gasteiger charge is -2.03. The highest BCUT2D eigenvalue weighted by molar-refractivity contribution is 7.13. The van der Waals surface area contributed by atoms with Crippen molar-refractivity contribution >= 4 is 51.7 Å². The Kier molecular flexibility index (Phi) is 4.74. The normalized spacial score (nSPS) is 10.9. The molecule has 1 aromatic carbocycles. The first-order chi connectivity index (χ1) is 9.61. The van der Waals surface area contributed by atoms with Crippen molar-refractivity contribution in [1.82, 2.24) is 4.98 Å². The molecule has 0 aliphatic carbocycles. The van der Waals surface area contributed by atoms with Crippen LogP contribution in [0.25, 0.3) is 6.08 Å². The van der Waals surface area contributed by atoms with E-state index in [1.165, 1.54) is 17.4 Å². The Bertz CT molecular complexity index is 685. The fourth-order valence-electron chi connectivity index (χ4n) is 1.39. The van der Waals surface area contributed by atoms with Crippen molar-refractivity contribution in [2.45, 2.75) is 0 Å². The summed E-state index contributed by atoms with van der Waals surface area (Å²) in [6.45, 7) is 0. The van der Waals surface area contributed by atoms with Gasteiger partial charge in [0.1, 0.15) is 11.6 Å². The van der Waals surface area contributed by atoms with Gasteiger partial charge in [-0.2, -0.15) is 5.26 Å². The van der Waals surface area contributed by atoms with Crippen molar-refractivity contribution in [1.29, 1.82) is 5.26 Å². The lowest BCUT2D eigenvalue weighted by molar-refractivity contribution is -0.112. The number of halogens is 2. The largest absolute Gasteiger partial charge is 0.297 e. The molecule has 0 saturated heterocycles. The highest BCUT2D eigenvalue weighted by Crippen LogP contribution is 2.26. The van der Waals surface area contributed by atoms with Crippen LogP contribution in [-0.4, -0.2) is 10.9 Å². The minimum absolute atomic E-state index is 0.102. The Morgan fingerprint density at radius 2 is 2.10 bits per heavy atom. The molecule has 0 saturated carbocycles. The van der Waals surface area contributed by atoms with E-state index >= 15 is 0 Å². The van der Waals surface area contributed by atoms with Gasteiger partial charge in [-0.15, -0.1) is 11.3 Å². The molecule has 0 bridgehead atoms. The fourth-order valence-corrected chi connectivity index (χ4v) is 2.42. The summed E-state index contributed by atoms with van der Waals surface area (Å²) < 4.78 is 0. The molecule has 0 fully saturated rings. The van der Waals surface area contributed by atoms with Crippen molar-refractivity contribution in [3.8, 4) is 6.07 Å². The molecular weight excluding hydrogens is 317 g/mol. The van der Waals surface area contributed by atoms with Gasteiger partial charge in [0.25, 0.3) is 5.91 Å². The minimum Gasteiger partial charge on any atom is -0.297 e. The van der Waals surface area contributed by atoms with Crippen LogP contribution < -0.4 is 5.32 Å². The summed E-state index contributed by atoms with van der Waals surface area (Å²) in [5.41, 5.74) is 0.330. The number of anilines is 1. The van der Waals surface area contributed by atoms with Crippen LogP contribution in [0.4, 0.5) is 5.13 Å². The predicted octanol–water partition coefficient (Wildman–Crippen LogP) is 4.00. The summed E-state index contributed by atoms with van der Waals surface area (Å²) in [6.07, 6.45) is 2.91. The summed E-state index contributed by atoms with van der Waals surface area (Å²) in [7, 11) is 0. The lowest BCUT2D eigenvalue weighted by Crippen LogP contribution is -2.13. The number of amides is 1. The van der Waals surface area contributed by atoms with Crippen molar-refractivity contribution in [2.75, 3.05) is 5.32 Å². The van der Waals surface area contributed by atoms with E-state index in [-0.39, 0.29) is 5.57 Å². The third-order valence-corrected chi connectivity index (χ3v) is 3.65. The number of thiazole rings is 1. The van der Waals surface area contributed by atoms with Gasteiger partial charge in [-0.25, -0.2) is 4.98 Å². The summed E-state index contributed by atoms with van der Waals surface area (Å²) in [4.78, 5) is 15.9. The van der Waals surface area contributed by atoms with E-state index in [0.29, 0.717) is 20.7 Å². The first kappa shape index (κ1) is 14.5. The van der Waals surface area contributed by atoms with Crippen LogP contribution in [-0.2, 0) is 4.79 Å². The van der Waals surface area contributed by atoms with Crippen LogP contribution in [0, 0.1) is 11.3 Å². The molecule has 100 valence electrons. The standard InChI is InChI=1S/C13H7Cl2N3OS/c14-10-2-1-3-11(15)9(10)6-8(7-16)12(19)18-13-17-4-5-20-13/h1-6H,(H,17,18,19)/b8-6-. The van der Waals surface area contributed by atoms with Gasteiger partial charge in [0.05, 0.1) is 0 Å². The summed E-state index contributed by atoms with van der Waals surface area (Å²) >= 11 is 13.3. The third kappa shape index (κ3) is 3.36. The number of hydrogen-bond donors (Lipinski definition) is 1. The van der Waals surface area contributed by atoms with Crippen molar-refractivity contribution < 1.29 is 4.79 Å². The van der Waals surface area contributed by atoms with Crippen LogP contribution in [0.3, 0.4) is 0 Å². The van der Waals surface area contributed by atoms with E-state index < -0.39 is 5.91 Å². The molecule has 1 N–H and O–H groups in total. The Morgan fingerprint density at radius 3 is 2.65 bits per heavy atom. The molecule has 1 heterocycles. The van der Waals surface area contributed by atoms with Crippen LogP contribution in [0.5, 0.6) is 0 Å². The second-order valence-electron chi connectivity index (χ2n) is 3.60. The Balaban J connectivity index is 2.30. The molecule has 1 aromatic heterocycles. The number of nitrogens with one attached hydrogen (secondary N) is 1. The molecule has 0 aliphatic rings. The monoisotopic (exact) mass is 323 g/mol. The van der Waals surface area contributed by atoms with E-state index in [4.69, 9.17) is 28.5 Å². The second kappa shape index (κ2) is 6.53. The van der Waals surface area contributed by atoms with E-state index in [1.807, 2.05) is 6.07 Å². The molecule has 0 aliphatic heterocycles. The molecule has 0 spiro atoms. The van der Waals surface area contributed by atoms with Gasteiger partial charge in [0.2, 0.25) is 0 Å². The minimum atomic E-state index is -0.557. The van der Waals surface area contributed by atoms with Crippen molar-refractivity contribution in [2.24, 2.45) is 0 Å². The highest BCUT2D eigenvalue weighted by atomic mass is 35.5. The smallest absolute Gasteiger partial charge is 0.268 e.